The van der Waals surface area contributed by atoms with Gasteiger partial charge in [0, 0.05) is 16.3 Å². The number of amides is 1. The Kier molecular flexibility index (Phi) is 6.35. The molecular formula is C27H24ClNO5. The number of ketones is 1. The molecule has 34 heavy (non-hydrogen) atoms. The summed E-state index contributed by atoms with van der Waals surface area (Å²) < 4.78 is 11.0. The molecule has 1 fully saturated rings. The number of aryl methyl sites for hydroxylation is 2. The number of Topliss-reactive ketones (excluding diaryl/α,β-unsaturated/α-hetero) is 1. The van der Waals surface area contributed by atoms with Gasteiger partial charge in [-0.3, -0.25) is 14.5 Å². The van der Waals surface area contributed by atoms with Crippen molar-refractivity contribution in [1.29, 1.82) is 0 Å². The van der Waals surface area contributed by atoms with Gasteiger partial charge in [-0.1, -0.05) is 47.5 Å². The number of nitrogens with zero attached hydrogens (tertiary/aromatic N) is 1. The number of aliphatic hydroxyl groups is 1. The summed E-state index contributed by atoms with van der Waals surface area (Å²) in [4.78, 5) is 28.1. The molecule has 1 aliphatic rings. The summed E-state index contributed by atoms with van der Waals surface area (Å²) in [6.45, 7) is 3.71. The van der Waals surface area contributed by atoms with Gasteiger partial charge in [-0.25, -0.2) is 0 Å². The van der Waals surface area contributed by atoms with E-state index in [9.17, 15) is 14.7 Å². The van der Waals surface area contributed by atoms with Crippen molar-refractivity contribution in [1.82, 2.24) is 0 Å². The minimum atomic E-state index is -0.944. The van der Waals surface area contributed by atoms with Gasteiger partial charge in [-0.2, -0.15) is 0 Å². The highest BCUT2D eigenvalue weighted by molar-refractivity contribution is 6.52. The Balaban J connectivity index is 2.03. The minimum absolute atomic E-state index is 0.0601. The highest BCUT2D eigenvalue weighted by Crippen LogP contribution is 2.46. The number of halogens is 1. The highest BCUT2D eigenvalue weighted by Gasteiger charge is 2.48. The van der Waals surface area contributed by atoms with Gasteiger partial charge in [0.2, 0.25) is 0 Å². The second-order valence-electron chi connectivity index (χ2n) is 8.05. The summed E-state index contributed by atoms with van der Waals surface area (Å²) in [5.41, 5.74) is 2.94. The monoisotopic (exact) mass is 477 g/mol. The van der Waals surface area contributed by atoms with E-state index >= 15 is 0 Å². The van der Waals surface area contributed by atoms with Crippen LogP contribution in [0.25, 0.3) is 5.76 Å². The lowest BCUT2D eigenvalue weighted by Crippen LogP contribution is -2.29. The van der Waals surface area contributed by atoms with Crippen LogP contribution in [-0.4, -0.2) is 31.0 Å². The summed E-state index contributed by atoms with van der Waals surface area (Å²) in [6.07, 6.45) is 0. The Morgan fingerprint density at radius 3 is 2.32 bits per heavy atom. The number of benzene rings is 3. The van der Waals surface area contributed by atoms with Gasteiger partial charge < -0.3 is 14.6 Å². The predicted molar refractivity (Wildman–Crippen MR) is 132 cm³/mol. The molecule has 1 heterocycles. The third-order valence-electron chi connectivity index (χ3n) is 5.92. The average molecular weight is 478 g/mol. The number of para-hydroxylation sites is 1. The van der Waals surface area contributed by atoms with E-state index in [1.807, 2.05) is 19.9 Å². The van der Waals surface area contributed by atoms with E-state index in [-0.39, 0.29) is 11.3 Å². The van der Waals surface area contributed by atoms with E-state index < -0.39 is 17.7 Å². The van der Waals surface area contributed by atoms with Crippen molar-refractivity contribution in [2.75, 3.05) is 19.1 Å². The van der Waals surface area contributed by atoms with Crippen LogP contribution < -0.4 is 14.4 Å². The van der Waals surface area contributed by atoms with Crippen LogP contribution in [0.5, 0.6) is 11.5 Å². The maximum absolute atomic E-state index is 13.4. The standard InChI is InChI=1S/C27H24ClNO5/c1-15-9-12-22(34-4)19(13-15)25(30)23-24(18-7-5-6-8-21(18)33-3)29(27(32)26(23)31)17-11-10-16(2)20(28)14-17/h5-14,24,30H,1-4H3/b25-23+. The first-order valence-corrected chi connectivity index (χ1v) is 11.0. The fraction of sp³-hybridized carbons (Fsp3) is 0.185. The molecule has 1 atom stereocenters. The number of methoxy groups -OCH3 is 2. The third kappa shape index (κ3) is 3.90. The van der Waals surface area contributed by atoms with Gasteiger partial charge in [0.1, 0.15) is 17.3 Å². The van der Waals surface area contributed by atoms with Gasteiger partial charge in [0.25, 0.3) is 11.7 Å². The first-order valence-electron chi connectivity index (χ1n) is 10.6. The third-order valence-corrected chi connectivity index (χ3v) is 6.33. The molecule has 1 saturated heterocycles. The van der Waals surface area contributed by atoms with Crippen molar-refractivity contribution < 1.29 is 24.2 Å². The molecule has 0 spiro atoms. The minimum Gasteiger partial charge on any atom is -0.507 e. The van der Waals surface area contributed by atoms with Crippen molar-refractivity contribution >= 4 is 34.7 Å². The fourth-order valence-electron chi connectivity index (χ4n) is 4.17. The van der Waals surface area contributed by atoms with Gasteiger partial charge in [-0.05, 0) is 49.7 Å². The van der Waals surface area contributed by atoms with E-state index in [1.54, 1.807) is 54.6 Å². The molecule has 4 rings (SSSR count). The number of carbonyl (C=O) groups is 2. The highest BCUT2D eigenvalue weighted by atomic mass is 35.5. The Morgan fingerprint density at radius 2 is 1.65 bits per heavy atom. The van der Waals surface area contributed by atoms with Crippen molar-refractivity contribution in [2.24, 2.45) is 0 Å². The van der Waals surface area contributed by atoms with Crippen molar-refractivity contribution in [3.05, 3.63) is 93.5 Å². The number of anilines is 1. The molecule has 1 N–H and O–H groups in total. The molecule has 0 bridgehead atoms. The molecule has 3 aromatic carbocycles. The molecule has 7 heteroatoms. The topological polar surface area (TPSA) is 76.1 Å². The zero-order valence-corrected chi connectivity index (χ0v) is 20.0. The molecule has 174 valence electrons. The molecule has 1 amide bonds. The molecule has 0 aliphatic carbocycles. The first-order chi connectivity index (χ1) is 16.3. The molecule has 1 unspecified atom stereocenters. The quantitative estimate of drug-likeness (QED) is 0.294. The van der Waals surface area contributed by atoms with Crippen LogP contribution in [0.3, 0.4) is 0 Å². The van der Waals surface area contributed by atoms with Gasteiger partial charge >= 0.3 is 0 Å². The van der Waals surface area contributed by atoms with Crippen molar-refractivity contribution in [3.8, 4) is 11.5 Å². The molecule has 3 aromatic rings. The maximum atomic E-state index is 13.4. The van der Waals surface area contributed by atoms with E-state index in [1.165, 1.54) is 19.1 Å². The molecular weight excluding hydrogens is 454 g/mol. The Bertz CT molecular complexity index is 1330. The summed E-state index contributed by atoms with van der Waals surface area (Å²) in [7, 11) is 2.99. The van der Waals surface area contributed by atoms with Gasteiger partial charge in [-0.15, -0.1) is 0 Å². The van der Waals surface area contributed by atoms with Crippen LogP contribution in [-0.2, 0) is 9.59 Å². The lowest BCUT2D eigenvalue weighted by Gasteiger charge is -2.27. The number of aliphatic hydroxyl groups excluding tert-OH is 1. The summed E-state index contributed by atoms with van der Waals surface area (Å²) in [6, 6.07) is 16.5. The first kappa shape index (κ1) is 23.4. The second kappa shape index (κ2) is 9.23. The molecule has 1 aliphatic heterocycles. The Morgan fingerprint density at radius 1 is 0.941 bits per heavy atom. The SMILES string of the molecule is COc1ccc(C)cc1/C(O)=C1\C(=O)C(=O)N(c2ccc(C)c(Cl)c2)C1c1ccccc1OC. The van der Waals surface area contributed by atoms with Crippen LogP contribution in [0.1, 0.15) is 28.3 Å². The average Bonchev–Trinajstić information content (AvgIpc) is 3.10. The number of ether oxygens (including phenoxy) is 2. The lowest BCUT2D eigenvalue weighted by molar-refractivity contribution is -0.132. The molecule has 0 aromatic heterocycles. The lowest BCUT2D eigenvalue weighted by atomic mass is 9.93. The second-order valence-corrected chi connectivity index (χ2v) is 8.46. The normalized spacial score (nSPS) is 17.2. The van der Waals surface area contributed by atoms with Gasteiger partial charge in [0.15, 0.2) is 0 Å². The van der Waals surface area contributed by atoms with E-state index in [0.717, 1.165) is 11.1 Å². The van der Waals surface area contributed by atoms with Crippen LogP contribution in [0.4, 0.5) is 5.69 Å². The zero-order valence-electron chi connectivity index (χ0n) is 19.3. The van der Waals surface area contributed by atoms with Crippen LogP contribution in [0.2, 0.25) is 5.02 Å². The summed E-state index contributed by atoms with van der Waals surface area (Å²) in [5, 5.41) is 11.9. The van der Waals surface area contributed by atoms with E-state index in [0.29, 0.717) is 33.3 Å². The molecule has 6 nitrogen and oxygen atoms in total. The van der Waals surface area contributed by atoms with Crippen LogP contribution in [0.15, 0.2) is 66.2 Å². The number of carbonyl (C=O) groups excluding carboxylic acids is 2. The van der Waals surface area contributed by atoms with E-state index in [4.69, 9.17) is 21.1 Å². The smallest absolute Gasteiger partial charge is 0.300 e. The number of rotatable bonds is 5. The Labute approximate surface area is 203 Å². The number of hydrogen-bond acceptors (Lipinski definition) is 5. The van der Waals surface area contributed by atoms with Gasteiger partial charge in [0.05, 0.1) is 31.4 Å². The Hall–Kier alpha value is -3.77. The summed E-state index contributed by atoms with van der Waals surface area (Å²) >= 11 is 6.35. The van der Waals surface area contributed by atoms with Crippen molar-refractivity contribution in [3.63, 3.8) is 0 Å². The van der Waals surface area contributed by atoms with Crippen molar-refractivity contribution in [2.45, 2.75) is 19.9 Å². The maximum Gasteiger partial charge on any atom is 0.300 e. The fourth-order valence-corrected chi connectivity index (χ4v) is 4.34. The van der Waals surface area contributed by atoms with E-state index in [2.05, 4.69) is 0 Å². The van der Waals surface area contributed by atoms with Crippen LogP contribution in [0, 0.1) is 13.8 Å². The largest absolute Gasteiger partial charge is 0.507 e. The summed E-state index contributed by atoms with van der Waals surface area (Å²) in [5.74, 6) is -1.06. The number of hydrogen-bond donors (Lipinski definition) is 1. The molecule has 0 radical (unpaired) electrons. The van der Waals surface area contributed by atoms with Crippen LogP contribution >= 0.6 is 11.6 Å². The zero-order chi connectivity index (χ0) is 24.6. The predicted octanol–water partition coefficient (Wildman–Crippen LogP) is 5.60. The molecule has 0 saturated carbocycles.